The highest BCUT2D eigenvalue weighted by atomic mass is 14.4. The highest BCUT2D eigenvalue weighted by Crippen LogP contribution is 2.56. The van der Waals surface area contributed by atoms with Crippen LogP contribution < -0.4 is 0 Å². The Labute approximate surface area is 274 Å². The van der Waals surface area contributed by atoms with Gasteiger partial charge in [-0.25, -0.2) is 0 Å². The van der Waals surface area contributed by atoms with Crippen LogP contribution in [0.3, 0.4) is 0 Å². The predicted molar refractivity (Wildman–Crippen MR) is 202 cm³/mol. The molecule has 0 heterocycles. The Balaban J connectivity index is 1.15. The summed E-state index contributed by atoms with van der Waals surface area (Å²) in [4.78, 5) is 0. The Morgan fingerprint density at radius 1 is 0.319 bits per heavy atom. The SMILES string of the molecule is CC1(C)c2c(ccc3ccccc23)-c2c1c1ccc(-c3ccc(-c4cc5ccccc5c5ccccc45)cc3)cc1c1ccccc21. The highest BCUT2D eigenvalue weighted by molar-refractivity contribution is 6.20. The number of rotatable bonds is 2. The van der Waals surface area contributed by atoms with Crippen molar-refractivity contribution in [1.82, 2.24) is 0 Å². The molecule has 0 spiro atoms. The standard InChI is InChI=1S/C47H32/c1-47(2)45-35-14-6-3-11-30(35)23-26-41(45)44-39-18-10-9-17-38(39)43-27-32(24-25-40(43)46(44)47)29-19-21-31(22-20-29)42-28-33-12-4-5-13-34(33)36-15-7-8-16-37(36)42/h3-28H,1-2H3. The molecule has 0 nitrogen and oxygen atoms in total. The van der Waals surface area contributed by atoms with Crippen LogP contribution in [0, 0.1) is 0 Å². The molecule has 1 aliphatic carbocycles. The molecule has 0 N–H and O–H groups in total. The van der Waals surface area contributed by atoms with Crippen molar-refractivity contribution in [2.24, 2.45) is 0 Å². The molecule has 10 rings (SSSR count). The molecule has 0 saturated carbocycles. The van der Waals surface area contributed by atoms with Crippen LogP contribution in [0.4, 0.5) is 0 Å². The first-order chi connectivity index (χ1) is 23.1. The van der Waals surface area contributed by atoms with E-state index in [2.05, 4.69) is 172 Å². The number of hydrogen-bond acceptors (Lipinski definition) is 0. The van der Waals surface area contributed by atoms with Crippen LogP contribution in [0.2, 0.25) is 0 Å². The molecule has 9 aromatic carbocycles. The summed E-state index contributed by atoms with van der Waals surface area (Å²) < 4.78 is 0. The van der Waals surface area contributed by atoms with Crippen molar-refractivity contribution >= 4 is 53.9 Å². The van der Waals surface area contributed by atoms with Crippen LogP contribution in [-0.4, -0.2) is 0 Å². The Kier molecular flexibility index (Phi) is 5.44. The molecule has 9 aromatic rings. The molecule has 0 fully saturated rings. The fourth-order valence-electron chi connectivity index (χ4n) is 8.71. The molecule has 47 heavy (non-hydrogen) atoms. The summed E-state index contributed by atoms with van der Waals surface area (Å²) in [6.07, 6.45) is 0. The third-order valence-corrected chi connectivity index (χ3v) is 10.8. The first kappa shape index (κ1) is 26.5. The average Bonchev–Trinajstić information content (AvgIpc) is 3.38. The third kappa shape index (κ3) is 3.70. The molecule has 1 aliphatic rings. The maximum Gasteiger partial charge on any atom is 0.0171 e. The van der Waals surface area contributed by atoms with Crippen LogP contribution in [-0.2, 0) is 5.41 Å². The van der Waals surface area contributed by atoms with Crippen molar-refractivity contribution in [2.75, 3.05) is 0 Å². The van der Waals surface area contributed by atoms with E-state index in [1.165, 1.54) is 98.4 Å². The van der Waals surface area contributed by atoms with Gasteiger partial charge in [-0.15, -0.1) is 0 Å². The summed E-state index contributed by atoms with van der Waals surface area (Å²) in [5.41, 5.74) is 10.6. The van der Waals surface area contributed by atoms with Gasteiger partial charge in [-0.1, -0.05) is 159 Å². The Bertz CT molecular complexity index is 2740. The van der Waals surface area contributed by atoms with E-state index >= 15 is 0 Å². The van der Waals surface area contributed by atoms with E-state index in [4.69, 9.17) is 0 Å². The largest absolute Gasteiger partial charge is 0.0616 e. The van der Waals surface area contributed by atoms with E-state index in [0.717, 1.165) is 0 Å². The summed E-state index contributed by atoms with van der Waals surface area (Å²) in [6.45, 7) is 4.84. The molecule has 0 aliphatic heterocycles. The number of fused-ring (bicyclic) bond motifs is 13. The zero-order valence-corrected chi connectivity index (χ0v) is 26.5. The third-order valence-electron chi connectivity index (χ3n) is 10.8. The van der Waals surface area contributed by atoms with E-state index in [0.29, 0.717) is 0 Å². The Morgan fingerprint density at radius 3 is 1.66 bits per heavy atom. The molecular formula is C47H32. The molecule has 0 amide bonds. The monoisotopic (exact) mass is 596 g/mol. The average molecular weight is 597 g/mol. The molecular weight excluding hydrogens is 565 g/mol. The van der Waals surface area contributed by atoms with Crippen molar-refractivity contribution in [3.8, 4) is 33.4 Å². The van der Waals surface area contributed by atoms with Gasteiger partial charge in [0.1, 0.15) is 0 Å². The van der Waals surface area contributed by atoms with Gasteiger partial charge in [0, 0.05) is 5.41 Å². The lowest BCUT2D eigenvalue weighted by Gasteiger charge is -2.25. The van der Waals surface area contributed by atoms with Crippen molar-refractivity contribution in [2.45, 2.75) is 19.3 Å². The number of benzene rings is 9. The van der Waals surface area contributed by atoms with Gasteiger partial charge in [-0.2, -0.15) is 0 Å². The lowest BCUT2D eigenvalue weighted by atomic mass is 9.77. The van der Waals surface area contributed by atoms with E-state index in [9.17, 15) is 0 Å². The normalized spacial score (nSPS) is 13.5. The van der Waals surface area contributed by atoms with E-state index < -0.39 is 0 Å². The minimum atomic E-state index is -0.125. The van der Waals surface area contributed by atoms with Gasteiger partial charge in [-0.05, 0) is 111 Å². The summed E-state index contributed by atoms with van der Waals surface area (Å²) in [6, 6.07) is 58.7. The van der Waals surface area contributed by atoms with Gasteiger partial charge in [0.2, 0.25) is 0 Å². The van der Waals surface area contributed by atoms with E-state index in [1.807, 2.05) is 0 Å². The van der Waals surface area contributed by atoms with Crippen LogP contribution >= 0.6 is 0 Å². The molecule has 220 valence electrons. The van der Waals surface area contributed by atoms with Crippen LogP contribution in [0.25, 0.3) is 87.2 Å². The summed E-state index contributed by atoms with van der Waals surface area (Å²) >= 11 is 0. The lowest BCUT2D eigenvalue weighted by molar-refractivity contribution is 0.672. The van der Waals surface area contributed by atoms with Crippen LogP contribution in [0.15, 0.2) is 158 Å². The van der Waals surface area contributed by atoms with Crippen molar-refractivity contribution < 1.29 is 0 Å². The topological polar surface area (TPSA) is 0 Å². The van der Waals surface area contributed by atoms with Crippen LogP contribution in [0.5, 0.6) is 0 Å². The van der Waals surface area contributed by atoms with Gasteiger partial charge < -0.3 is 0 Å². The second-order valence-electron chi connectivity index (χ2n) is 13.7. The van der Waals surface area contributed by atoms with E-state index in [-0.39, 0.29) is 5.41 Å². The molecule has 0 aromatic heterocycles. The molecule has 0 bridgehead atoms. The number of hydrogen-bond donors (Lipinski definition) is 0. The maximum absolute atomic E-state index is 2.43. The summed E-state index contributed by atoms with van der Waals surface area (Å²) in [5, 5.41) is 13.2. The summed E-state index contributed by atoms with van der Waals surface area (Å²) in [7, 11) is 0. The van der Waals surface area contributed by atoms with Gasteiger partial charge >= 0.3 is 0 Å². The van der Waals surface area contributed by atoms with Gasteiger partial charge in [-0.3, -0.25) is 0 Å². The smallest absolute Gasteiger partial charge is 0.0171 e. The van der Waals surface area contributed by atoms with Gasteiger partial charge in [0.05, 0.1) is 0 Å². The van der Waals surface area contributed by atoms with Crippen molar-refractivity contribution in [3.63, 3.8) is 0 Å². The Morgan fingerprint density at radius 2 is 0.894 bits per heavy atom. The minimum absolute atomic E-state index is 0.125. The van der Waals surface area contributed by atoms with Crippen molar-refractivity contribution in [1.29, 1.82) is 0 Å². The zero-order valence-electron chi connectivity index (χ0n) is 26.5. The van der Waals surface area contributed by atoms with Gasteiger partial charge in [0.25, 0.3) is 0 Å². The molecule has 0 saturated heterocycles. The van der Waals surface area contributed by atoms with E-state index in [1.54, 1.807) is 0 Å². The second-order valence-corrected chi connectivity index (χ2v) is 13.7. The fourth-order valence-corrected chi connectivity index (χ4v) is 8.71. The molecule has 0 unspecified atom stereocenters. The van der Waals surface area contributed by atoms with Crippen molar-refractivity contribution in [3.05, 3.63) is 169 Å². The first-order valence-electron chi connectivity index (χ1n) is 16.6. The zero-order chi connectivity index (χ0) is 31.3. The molecule has 0 radical (unpaired) electrons. The second kappa shape index (κ2) is 9.64. The summed E-state index contributed by atoms with van der Waals surface area (Å²) in [5.74, 6) is 0. The highest BCUT2D eigenvalue weighted by Gasteiger charge is 2.39. The van der Waals surface area contributed by atoms with Crippen LogP contribution in [0.1, 0.15) is 25.0 Å². The lowest BCUT2D eigenvalue weighted by Crippen LogP contribution is -2.16. The molecule has 0 heteroatoms. The minimum Gasteiger partial charge on any atom is -0.0616 e. The molecule has 0 atom stereocenters. The fraction of sp³-hybridized carbons (Fsp3) is 0.0638. The predicted octanol–water partition coefficient (Wildman–Crippen LogP) is 13.1. The van der Waals surface area contributed by atoms with Gasteiger partial charge in [0.15, 0.2) is 0 Å². The maximum atomic E-state index is 2.43. The first-order valence-corrected chi connectivity index (χ1v) is 16.6. The Hall–Kier alpha value is -5.72. The quantitative estimate of drug-likeness (QED) is 0.174.